The molecule has 1 aliphatic rings. The fraction of sp³-hybridized carbons (Fsp3) is 0.353. The Morgan fingerprint density at radius 2 is 2.08 bits per heavy atom. The van der Waals surface area contributed by atoms with Crippen molar-refractivity contribution in [1.29, 1.82) is 0 Å². The van der Waals surface area contributed by atoms with Gasteiger partial charge in [-0.3, -0.25) is 14.9 Å². The van der Waals surface area contributed by atoms with E-state index in [1.165, 1.54) is 18.2 Å². The van der Waals surface area contributed by atoms with E-state index in [0.29, 0.717) is 11.6 Å². The second kappa shape index (κ2) is 6.28. The van der Waals surface area contributed by atoms with Crippen LogP contribution in [0.4, 0.5) is 5.69 Å². The Balaban J connectivity index is 1.77. The van der Waals surface area contributed by atoms with Crippen LogP contribution in [0.5, 0.6) is 5.75 Å². The summed E-state index contributed by atoms with van der Waals surface area (Å²) >= 11 is 5.77. The molecule has 0 saturated heterocycles. The van der Waals surface area contributed by atoms with Crippen molar-refractivity contribution in [2.45, 2.75) is 32.7 Å². The van der Waals surface area contributed by atoms with E-state index in [2.05, 4.69) is 4.57 Å². The lowest BCUT2D eigenvalue weighted by Crippen LogP contribution is -2.13. The number of hydrogen-bond donors (Lipinski definition) is 0. The Kier molecular flexibility index (Phi) is 4.32. The fourth-order valence-electron chi connectivity index (χ4n) is 2.93. The molecule has 126 valence electrons. The molecule has 2 aromatic rings. The number of ketones is 1. The van der Waals surface area contributed by atoms with Gasteiger partial charge in [-0.05, 0) is 44.9 Å². The Morgan fingerprint density at radius 1 is 1.38 bits per heavy atom. The summed E-state index contributed by atoms with van der Waals surface area (Å²) in [5, 5.41) is 11.3. The van der Waals surface area contributed by atoms with Crippen molar-refractivity contribution in [2.75, 3.05) is 6.61 Å². The van der Waals surface area contributed by atoms with Gasteiger partial charge in [0.1, 0.15) is 0 Å². The highest BCUT2D eigenvalue weighted by Gasteiger charge is 2.28. The number of rotatable bonds is 6. The molecule has 3 rings (SSSR count). The van der Waals surface area contributed by atoms with Gasteiger partial charge in [-0.2, -0.15) is 0 Å². The lowest BCUT2D eigenvalue weighted by molar-refractivity contribution is -0.385. The van der Waals surface area contributed by atoms with Crippen LogP contribution in [-0.2, 0) is 0 Å². The molecule has 0 bridgehead atoms. The zero-order valence-corrected chi connectivity index (χ0v) is 14.2. The van der Waals surface area contributed by atoms with Gasteiger partial charge in [0.25, 0.3) is 0 Å². The summed E-state index contributed by atoms with van der Waals surface area (Å²) in [5.74, 6) is -0.159. The van der Waals surface area contributed by atoms with Crippen LogP contribution in [-0.4, -0.2) is 21.9 Å². The molecular weight excluding hydrogens is 332 g/mol. The SMILES string of the molecule is Cc1cc(C(=O)COc2ccc(Cl)cc2[N+](=O)[O-])c(C)n1C1CC1. The summed E-state index contributed by atoms with van der Waals surface area (Å²) in [4.78, 5) is 22.9. The summed E-state index contributed by atoms with van der Waals surface area (Å²) < 4.78 is 7.57. The molecule has 0 amide bonds. The highest BCUT2D eigenvalue weighted by atomic mass is 35.5. The molecule has 0 radical (unpaired) electrons. The van der Waals surface area contributed by atoms with Crippen molar-refractivity contribution in [3.63, 3.8) is 0 Å². The lowest BCUT2D eigenvalue weighted by atomic mass is 10.1. The van der Waals surface area contributed by atoms with E-state index in [9.17, 15) is 14.9 Å². The second-order valence-electron chi connectivity index (χ2n) is 5.97. The number of nitro groups is 1. The van der Waals surface area contributed by atoms with Crippen LogP contribution in [0.15, 0.2) is 24.3 Å². The van der Waals surface area contributed by atoms with Gasteiger partial charge < -0.3 is 9.30 Å². The molecule has 1 aliphatic carbocycles. The maximum absolute atomic E-state index is 12.5. The Bertz CT molecular complexity index is 824. The van der Waals surface area contributed by atoms with Crippen molar-refractivity contribution >= 4 is 23.1 Å². The quantitative estimate of drug-likeness (QED) is 0.444. The number of Topliss-reactive ketones (excluding diaryl/α,β-unsaturated/α-hetero) is 1. The first-order valence-corrected chi connectivity index (χ1v) is 8.04. The molecule has 1 aromatic heterocycles. The highest BCUT2D eigenvalue weighted by Crippen LogP contribution is 2.38. The molecular formula is C17H17ClN2O4. The third-order valence-corrected chi connectivity index (χ3v) is 4.41. The van der Waals surface area contributed by atoms with Crippen molar-refractivity contribution in [2.24, 2.45) is 0 Å². The number of nitro benzene ring substituents is 1. The minimum Gasteiger partial charge on any atom is -0.478 e. The van der Waals surface area contributed by atoms with E-state index in [0.717, 1.165) is 24.2 Å². The fourth-order valence-corrected chi connectivity index (χ4v) is 3.10. The van der Waals surface area contributed by atoms with E-state index >= 15 is 0 Å². The number of hydrogen-bond acceptors (Lipinski definition) is 4. The highest BCUT2D eigenvalue weighted by molar-refractivity contribution is 6.30. The maximum atomic E-state index is 12.5. The predicted octanol–water partition coefficient (Wildman–Crippen LogP) is 4.26. The van der Waals surface area contributed by atoms with Gasteiger partial charge in [-0.1, -0.05) is 11.6 Å². The lowest BCUT2D eigenvalue weighted by Gasteiger charge is -2.08. The topological polar surface area (TPSA) is 74.4 Å². The first-order chi connectivity index (χ1) is 11.4. The maximum Gasteiger partial charge on any atom is 0.312 e. The van der Waals surface area contributed by atoms with Crippen LogP contribution in [0.25, 0.3) is 0 Å². The van der Waals surface area contributed by atoms with E-state index in [4.69, 9.17) is 16.3 Å². The zero-order chi connectivity index (χ0) is 17.4. The summed E-state index contributed by atoms with van der Waals surface area (Å²) in [6.07, 6.45) is 2.27. The number of carbonyl (C=O) groups is 1. The molecule has 7 heteroatoms. The summed E-state index contributed by atoms with van der Waals surface area (Å²) in [6, 6.07) is 6.45. The van der Waals surface area contributed by atoms with Crippen molar-refractivity contribution in [3.8, 4) is 5.75 Å². The van der Waals surface area contributed by atoms with Gasteiger partial charge in [0, 0.05) is 34.1 Å². The van der Waals surface area contributed by atoms with Gasteiger partial charge in [-0.15, -0.1) is 0 Å². The number of carbonyl (C=O) groups excluding carboxylic acids is 1. The van der Waals surface area contributed by atoms with Crippen LogP contribution in [0.3, 0.4) is 0 Å². The standard InChI is InChI=1S/C17H17ClN2O4/c1-10-7-14(11(2)19(10)13-4-5-13)16(21)9-24-17-6-3-12(18)8-15(17)20(22)23/h3,6-8,13H,4-5,9H2,1-2H3. The van der Waals surface area contributed by atoms with Gasteiger partial charge in [0.05, 0.1) is 4.92 Å². The number of aromatic nitrogens is 1. The largest absolute Gasteiger partial charge is 0.478 e. The zero-order valence-electron chi connectivity index (χ0n) is 13.4. The van der Waals surface area contributed by atoms with Gasteiger partial charge in [0.15, 0.2) is 12.4 Å². The third-order valence-electron chi connectivity index (χ3n) is 4.17. The molecule has 0 N–H and O–H groups in total. The van der Waals surface area contributed by atoms with Crippen molar-refractivity contribution in [3.05, 3.63) is 56.4 Å². The number of halogens is 1. The number of ether oxygens (including phenoxy) is 1. The van der Waals surface area contributed by atoms with Crippen molar-refractivity contribution in [1.82, 2.24) is 4.57 Å². The predicted molar refractivity (Wildman–Crippen MR) is 90.1 cm³/mol. The van der Waals surface area contributed by atoms with Crippen LogP contribution < -0.4 is 4.74 Å². The normalized spacial score (nSPS) is 13.8. The summed E-state index contributed by atoms with van der Waals surface area (Å²) in [6.45, 7) is 3.65. The molecule has 1 heterocycles. The molecule has 1 fully saturated rings. The van der Waals surface area contributed by atoms with Crippen molar-refractivity contribution < 1.29 is 14.5 Å². The molecule has 0 unspecified atom stereocenters. The Labute approximate surface area is 144 Å². The average molecular weight is 349 g/mol. The minimum absolute atomic E-state index is 0.0359. The molecule has 6 nitrogen and oxygen atoms in total. The number of aryl methyl sites for hydroxylation is 1. The first kappa shape index (κ1) is 16.5. The van der Waals surface area contributed by atoms with E-state index in [1.807, 2.05) is 19.9 Å². The van der Waals surface area contributed by atoms with Gasteiger partial charge >= 0.3 is 5.69 Å². The Hall–Kier alpha value is -2.34. The first-order valence-electron chi connectivity index (χ1n) is 7.67. The number of benzene rings is 1. The Morgan fingerprint density at radius 3 is 2.71 bits per heavy atom. The summed E-state index contributed by atoms with van der Waals surface area (Å²) in [7, 11) is 0. The average Bonchev–Trinajstić information content (AvgIpc) is 3.31. The van der Waals surface area contributed by atoms with Crippen LogP contribution in [0.1, 0.15) is 40.6 Å². The molecule has 1 aromatic carbocycles. The molecule has 0 spiro atoms. The molecule has 0 aliphatic heterocycles. The molecule has 0 atom stereocenters. The van der Waals surface area contributed by atoms with Crippen LogP contribution >= 0.6 is 11.6 Å². The second-order valence-corrected chi connectivity index (χ2v) is 6.40. The summed E-state index contributed by atoms with van der Waals surface area (Å²) in [5.41, 5.74) is 2.33. The van der Waals surface area contributed by atoms with Crippen LogP contribution in [0.2, 0.25) is 5.02 Å². The third kappa shape index (κ3) is 3.14. The number of nitrogens with zero attached hydrogens (tertiary/aromatic N) is 2. The van der Waals surface area contributed by atoms with Gasteiger partial charge in [-0.25, -0.2) is 0 Å². The van der Waals surface area contributed by atoms with E-state index in [-0.39, 0.29) is 28.8 Å². The minimum atomic E-state index is -0.579. The monoisotopic (exact) mass is 348 g/mol. The van der Waals surface area contributed by atoms with E-state index in [1.54, 1.807) is 0 Å². The van der Waals surface area contributed by atoms with Crippen LogP contribution in [0, 0.1) is 24.0 Å². The van der Waals surface area contributed by atoms with Gasteiger partial charge in [0.2, 0.25) is 5.78 Å². The molecule has 1 saturated carbocycles. The van der Waals surface area contributed by atoms with E-state index < -0.39 is 4.92 Å². The molecule has 24 heavy (non-hydrogen) atoms. The smallest absolute Gasteiger partial charge is 0.312 e.